The molecule has 0 saturated heterocycles. The zero-order valence-corrected chi connectivity index (χ0v) is 19.0. The van der Waals surface area contributed by atoms with E-state index in [2.05, 4.69) is 4.98 Å². The highest BCUT2D eigenvalue weighted by Gasteiger charge is 2.45. The van der Waals surface area contributed by atoms with E-state index in [1.165, 1.54) is 34.4 Å². The van der Waals surface area contributed by atoms with Gasteiger partial charge in [0.15, 0.2) is 16.7 Å². The van der Waals surface area contributed by atoms with Gasteiger partial charge in [-0.15, -0.1) is 0 Å². The van der Waals surface area contributed by atoms with Gasteiger partial charge < -0.3 is 10.2 Å². The molecule has 0 saturated carbocycles. The second-order valence-corrected chi connectivity index (χ2v) is 9.02. The number of allylic oxidation sites excluding steroid dienone is 1. The summed E-state index contributed by atoms with van der Waals surface area (Å²) in [6.45, 7) is 1.97. The molecule has 0 spiro atoms. The fourth-order valence-corrected chi connectivity index (χ4v) is 5.10. The fraction of sp³-hybridized carbons (Fsp3) is 0.0741. The molecule has 1 aliphatic rings. The summed E-state index contributed by atoms with van der Waals surface area (Å²) in [5, 5.41) is 21.3. The minimum Gasteiger partial charge on any atom is -0.508 e. The molecule has 2 N–H and O–H groups in total. The van der Waals surface area contributed by atoms with E-state index < -0.39 is 23.5 Å². The monoisotopic (exact) mass is 468 g/mol. The van der Waals surface area contributed by atoms with Gasteiger partial charge >= 0.3 is 0 Å². The molecule has 34 heavy (non-hydrogen) atoms. The van der Waals surface area contributed by atoms with Crippen LogP contribution in [0.2, 0.25) is 0 Å². The Bertz CT molecular complexity index is 1490. The summed E-state index contributed by atoms with van der Waals surface area (Å²) in [5.41, 5.74) is 3.02. The highest BCUT2D eigenvalue weighted by atomic mass is 32.1. The standard InChI is InChI=1S/C27H20N2O4S/c1-16-10-12-20-22(14-16)34-27(28-20)29-24(18-8-5-9-19(30)15-18)23(25(32)26(29)33)21(31)13-11-17-6-3-2-4-7-17/h2-15,24,30,32H,1H3/b13-11+/t24-/m1/s1. The molecule has 2 heterocycles. The number of hydrogen-bond donors (Lipinski definition) is 2. The molecule has 1 atom stereocenters. The average Bonchev–Trinajstić information content (AvgIpc) is 3.36. The molecular formula is C27H20N2O4S. The van der Waals surface area contributed by atoms with E-state index in [0.29, 0.717) is 10.7 Å². The number of carbonyl (C=O) groups is 2. The maximum Gasteiger partial charge on any atom is 0.296 e. The van der Waals surface area contributed by atoms with Crippen LogP contribution < -0.4 is 4.90 Å². The summed E-state index contributed by atoms with van der Waals surface area (Å²) in [4.78, 5) is 32.5. The molecule has 0 radical (unpaired) electrons. The number of anilines is 1. The van der Waals surface area contributed by atoms with E-state index in [9.17, 15) is 19.8 Å². The number of aromatic hydroxyl groups is 1. The maximum absolute atomic E-state index is 13.3. The van der Waals surface area contributed by atoms with Crippen LogP contribution in [0.4, 0.5) is 5.13 Å². The molecule has 0 fully saturated rings. The number of nitrogens with zero attached hydrogens (tertiary/aromatic N) is 2. The summed E-state index contributed by atoms with van der Waals surface area (Å²) >= 11 is 1.31. The lowest BCUT2D eigenvalue weighted by molar-refractivity contribution is -0.117. The first kappa shape index (κ1) is 21.6. The third-order valence-electron chi connectivity index (χ3n) is 5.63. The van der Waals surface area contributed by atoms with Crippen molar-refractivity contribution in [3.05, 3.63) is 107 Å². The molecule has 7 heteroatoms. The van der Waals surface area contributed by atoms with Gasteiger partial charge in [-0.05, 0) is 54.0 Å². The molecule has 1 aliphatic heterocycles. The van der Waals surface area contributed by atoms with Crippen molar-refractivity contribution in [3.8, 4) is 5.75 Å². The van der Waals surface area contributed by atoms with Crippen LogP contribution in [0.25, 0.3) is 16.3 Å². The SMILES string of the molecule is Cc1ccc2nc(N3C(=O)C(O)=C(C(=O)/C=C/c4ccccc4)[C@H]3c3cccc(O)c3)sc2c1. The van der Waals surface area contributed by atoms with Gasteiger partial charge in [-0.3, -0.25) is 14.5 Å². The minimum absolute atomic E-state index is 0.0113. The Balaban J connectivity index is 1.61. The number of benzene rings is 3. The van der Waals surface area contributed by atoms with Crippen molar-refractivity contribution in [2.24, 2.45) is 0 Å². The number of aryl methyl sites for hydroxylation is 1. The predicted octanol–water partition coefficient (Wildman–Crippen LogP) is 5.49. The van der Waals surface area contributed by atoms with Crippen LogP contribution >= 0.6 is 11.3 Å². The number of phenols is 1. The summed E-state index contributed by atoms with van der Waals surface area (Å²) < 4.78 is 0.890. The van der Waals surface area contributed by atoms with Crippen molar-refractivity contribution < 1.29 is 19.8 Å². The number of rotatable bonds is 5. The maximum atomic E-state index is 13.3. The van der Waals surface area contributed by atoms with E-state index in [1.54, 1.807) is 18.2 Å². The Morgan fingerprint density at radius 1 is 1.03 bits per heavy atom. The number of ketones is 1. The Kier molecular flexibility index (Phi) is 5.47. The van der Waals surface area contributed by atoms with Crippen molar-refractivity contribution in [1.29, 1.82) is 0 Å². The molecule has 4 aromatic rings. The van der Waals surface area contributed by atoms with Gasteiger partial charge in [0.2, 0.25) is 0 Å². The van der Waals surface area contributed by atoms with E-state index in [-0.39, 0.29) is 11.3 Å². The number of aliphatic hydroxyl groups excluding tert-OH is 1. The highest BCUT2D eigenvalue weighted by Crippen LogP contribution is 2.44. The zero-order valence-electron chi connectivity index (χ0n) is 18.2. The van der Waals surface area contributed by atoms with Gasteiger partial charge in [0.1, 0.15) is 5.75 Å². The van der Waals surface area contributed by atoms with E-state index in [1.807, 2.05) is 55.5 Å². The predicted molar refractivity (Wildman–Crippen MR) is 133 cm³/mol. The van der Waals surface area contributed by atoms with Gasteiger partial charge in [-0.25, -0.2) is 4.98 Å². The fourth-order valence-electron chi connectivity index (χ4n) is 4.01. The number of aromatic nitrogens is 1. The lowest BCUT2D eigenvalue weighted by Gasteiger charge is -2.24. The molecule has 0 bridgehead atoms. The van der Waals surface area contributed by atoms with Crippen molar-refractivity contribution in [3.63, 3.8) is 0 Å². The number of hydrogen-bond acceptors (Lipinski definition) is 6. The van der Waals surface area contributed by atoms with Crippen molar-refractivity contribution in [2.75, 3.05) is 4.90 Å². The lowest BCUT2D eigenvalue weighted by Crippen LogP contribution is -2.30. The first-order valence-electron chi connectivity index (χ1n) is 10.6. The number of thiazole rings is 1. The highest BCUT2D eigenvalue weighted by molar-refractivity contribution is 7.22. The lowest BCUT2D eigenvalue weighted by atomic mass is 9.95. The van der Waals surface area contributed by atoms with Crippen molar-refractivity contribution in [2.45, 2.75) is 13.0 Å². The Morgan fingerprint density at radius 3 is 2.59 bits per heavy atom. The molecule has 5 rings (SSSR count). The van der Waals surface area contributed by atoms with E-state index >= 15 is 0 Å². The first-order chi connectivity index (χ1) is 16.4. The average molecular weight is 469 g/mol. The number of amides is 1. The third-order valence-corrected chi connectivity index (χ3v) is 6.64. The Labute approximate surface area is 199 Å². The smallest absolute Gasteiger partial charge is 0.296 e. The largest absolute Gasteiger partial charge is 0.508 e. The van der Waals surface area contributed by atoms with Crippen LogP contribution in [0.3, 0.4) is 0 Å². The second kappa shape index (κ2) is 8.61. The molecule has 0 aliphatic carbocycles. The van der Waals surface area contributed by atoms with Gasteiger partial charge in [0.05, 0.1) is 21.8 Å². The van der Waals surface area contributed by atoms with Crippen LogP contribution in [0.5, 0.6) is 5.75 Å². The van der Waals surface area contributed by atoms with Gasteiger partial charge in [0.25, 0.3) is 5.91 Å². The van der Waals surface area contributed by atoms with Gasteiger partial charge in [-0.2, -0.15) is 0 Å². The van der Waals surface area contributed by atoms with Crippen LogP contribution in [0, 0.1) is 6.92 Å². The summed E-state index contributed by atoms with van der Waals surface area (Å²) in [6.07, 6.45) is 2.98. The normalized spacial score (nSPS) is 16.2. The summed E-state index contributed by atoms with van der Waals surface area (Å²) in [7, 11) is 0. The van der Waals surface area contributed by atoms with Crippen LogP contribution in [-0.4, -0.2) is 26.9 Å². The van der Waals surface area contributed by atoms with E-state index in [4.69, 9.17) is 0 Å². The number of phenolic OH excluding ortho intramolecular Hbond substituents is 1. The van der Waals surface area contributed by atoms with Gasteiger partial charge in [-0.1, -0.05) is 65.9 Å². The van der Waals surface area contributed by atoms with E-state index in [0.717, 1.165) is 21.3 Å². The number of fused-ring (bicyclic) bond motifs is 1. The van der Waals surface area contributed by atoms with Crippen LogP contribution in [-0.2, 0) is 9.59 Å². The molecule has 0 unspecified atom stereocenters. The number of carbonyl (C=O) groups excluding carboxylic acids is 2. The quantitative estimate of drug-likeness (QED) is 0.378. The molecule has 3 aromatic carbocycles. The Hall–Kier alpha value is -4.23. The van der Waals surface area contributed by atoms with Crippen molar-refractivity contribution >= 4 is 44.5 Å². The zero-order chi connectivity index (χ0) is 23.8. The molecule has 1 amide bonds. The second-order valence-electron chi connectivity index (χ2n) is 8.01. The minimum atomic E-state index is -0.936. The van der Waals surface area contributed by atoms with Crippen molar-refractivity contribution in [1.82, 2.24) is 4.98 Å². The third kappa shape index (κ3) is 3.86. The van der Waals surface area contributed by atoms with Crippen LogP contribution in [0.1, 0.15) is 22.7 Å². The first-order valence-corrected chi connectivity index (χ1v) is 11.4. The summed E-state index contributed by atoms with van der Waals surface area (Å²) in [6, 6.07) is 20.4. The topological polar surface area (TPSA) is 90.7 Å². The molecule has 6 nitrogen and oxygen atoms in total. The summed E-state index contributed by atoms with van der Waals surface area (Å²) in [5.74, 6) is -1.84. The molecular weight excluding hydrogens is 448 g/mol. The molecule has 1 aromatic heterocycles. The van der Waals surface area contributed by atoms with Gasteiger partial charge in [0, 0.05) is 0 Å². The Morgan fingerprint density at radius 2 is 1.82 bits per heavy atom. The molecule has 168 valence electrons. The number of aliphatic hydroxyl groups is 1. The van der Waals surface area contributed by atoms with Crippen LogP contribution in [0.15, 0.2) is 90.2 Å².